The highest BCUT2D eigenvalue weighted by Crippen LogP contribution is 2.23. The molecule has 0 aliphatic carbocycles. The maximum atomic E-state index is 11.6. The van der Waals surface area contributed by atoms with E-state index in [0.29, 0.717) is 18.0 Å². The lowest BCUT2D eigenvalue weighted by molar-refractivity contribution is 0.339. The SMILES string of the molecule is CCOc1cc(N)cc(S(=O)(=O)CC)c1. The molecular weight excluding hydrogens is 214 g/mol. The fourth-order valence-electron chi connectivity index (χ4n) is 1.19. The van der Waals surface area contributed by atoms with E-state index in [9.17, 15) is 8.42 Å². The van der Waals surface area contributed by atoms with Crippen molar-refractivity contribution < 1.29 is 13.2 Å². The molecule has 0 atom stereocenters. The minimum absolute atomic E-state index is 0.0576. The molecule has 0 aliphatic heterocycles. The van der Waals surface area contributed by atoms with Gasteiger partial charge in [-0.2, -0.15) is 0 Å². The molecule has 0 fully saturated rings. The molecule has 0 aromatic heterocycles. The molecule has 0 amide bonds. The Morgan fingerprint density at radius 1 is 1.27 bits per heavy atom. The fourth-order valence-corrected chi connectivity index (χ4v) is 2.13. The van der Waals surface area contributed by atoms with Crippen LogP contribution in [0, 0.1) is 0 Å². The number of benzene rings is 1. The van der Waals surface area contributed by atoms with E-state index in [0.717, 1.165) is 0 Å². The van der Waals surface area contributed by atoms with Gasteiger partial charge in [-0.15, -0.1) is 0 Å². The van der Waals surface area contributed by atoms with Crippen LogP contribution in [0.4, 0.5) is 5.69 Å². The summed E-state index contributed by atoms with van der Waals surface area (Å²) in [6.07, 6.45) is 0. The molecule has 5 heteroatoms. The van der Waals surface area contributed by atoms with Crippen molar-refractivity contribution >= 4 is 15.5 Å². The van der Waals surface area contributed by atoms with Gasteiger partial charge in [0.1, 0.15) is 5.75 Å². The third-order valence-electron chi connectivity index (χ3n) is 1.95. The van der Waals surface area contributed by atoms with Crippen LogP contribution in [0.15, 0.2) is 23.1 Å². The van der Waals surface area contributed by atoms with Crippen molar-refractivity contribution in [3.63, 3.8) is 0 Å². The largest absolute Gasteiger partial charge is 0.494 e. The second-order valence-electron chi connectivity index (χ2n) is 3.07. The number of ether oxygens (including phenoxy) is 1. The smallest absolute Gasteiger partial charge is 0.178 e. The van der Waals surface area contributed by atoms with Gasteiger partial charge < -0.3 is 10.5 Å². The zero-order valence-corrected chi connectivity index (χ0v) is 9.67. The molecule has 0 saturated carbocycles. The topological polar surface area (TPSA) is 69.4 Å². The van der Waals surface area contributed by atoms with Crippen LogP contribution in [-0.2, 0) is 9.84 Å². The van der Waals surface area contributed by atoms with Crippen molar-refractivity contribution in [2.45, 2.75) is 18.7 Å². The number of sulfone groups is 1. The zero-order chi connectivity index (χ0) is 11.5. The van der Waals surface area contributed by atoms with Crippen molar-refractivity contribution in [3.8, 4) is 5.75 Å². The molecule has 0 spiro atoms. The number of hydrogen-bond donors (Lipinski definition) is 1. The maximum Gasteiger partial charge on any atom is 0.178 e. The standard InChI is InChI=1S/C10H15NO3S/c1-3-14-9-5-8(11)6-10(7-9)15(12,13)4-2/h5-7H,3-4,11H2,1-2H3. The summed E-state index contributed by atoms with van der Waals surface area (Å²) < 4.78 is 28.4. The molecule has 1 rings (SSSR count). The summed E-state index contributed by atoms with van der Waals surface area (Å²) in [5, 5.41) is 0. The van der Waals surface area contributed by atoms with Crippen LogP contribution in [0.3, 0.4) is 0 Å². The monoisotopic (exact) mass is 229 g/mol. The zero-order valence-electron chi connectivity index (χ0n) is 8.86. The Morgan fingerprint density at radius 3 is 2.47 bits per heavy atom. The highest BCUT2D eigenvalue weighted by atomic mass is 32.2. The molecular formula is C10H15NO3S. The summed E-state index contributed by atoms with van der Waals surface area (Å²) >= 11 is 0. The summed E-state index contributed by atoms with van der Waals surface area (Å²) in [5.74, 6) is 0.548. The molecule has 0 heterocycles. The lowest BCUT2D eigenvalue weighted by atomic mass is 10.3. The van der Waals surface area contributed by atoms with Gasteiger partial charge in [0, 0.05) is 11.8 Å². The second kappa shape index (κ2) is 4.53. The summed E-state index contributed by atoms with van der Waals surface area (Å²) in [6.45, 7) is 3.91. The molecule has 0 radical (unpaired) electrons. The third-order valence-corrected chi connectivity index (χ3v) is 3.67. The maximum absolute atomic E-state index is 11.6. The highest BCUT2D eigenvalue weighted by Gasteiger charge is 2.13. The van der Waals surface area contributed by atoms with Crippen molar-refractivity contribution in [3.05, 3.63) is 18.2 Å². The lowest BCUT2D eigenvalue weighted by Gasteiger charge is -2.07. The summed E-state index contributed by atoms with van der Waals surface area (Å²) in [4.78, 5) is 0.216. The van der Waals surface area contributed by atoms with E-state index in [2.05, 4.69) is 0 Å². The Hall–Kier alpha value is -1.23. The molecule has 1 aromatic carbocycles. The predicted molar refractivity (Wildman–Crippen MR) is 59.8 cm³/mol. The lowest BCUT2D eigenvalue weighted by Crippen LogP contribution is -2.05. The summed E-state index contributed by atoms with van der Waals surface area (Å²) in [6, 6.07) is 4.55. The molecule has 0 bridgehead atoms. The van der Waals surface area contributed by atoms with Gasteiger partial charge >= 0.3 is 0 Å². The van der Waals surface area contributed by atoms with Gasteiger partial charge in [-0.1, -0.05) is 6.92 Å². The van der Waals surface area contributed by atoms with Crippen LogP contribution in [0.1, 0.15) is 13.8 Å². The number of hydrogen-bond acceptors (Lipinski definition) is 4. The van der Waals surface area contributed by atoms with E-state index < -0.39 is 9.84 Å². The van der Waals surface area contributed by atoms with Gasteiger partial charge in [-0.05, 0) is 19.1 Å². The van der Waals surface area contributed by atoms with Gasteiger partial charge in [0.2, 0.25) is 0 Å². The van der Waals surface area contributed by atoms with Crippen LogP contribution in [0.2, 0.25) is 0 Å². The first kappa shape index (κ1) is 11.8. The van der Waals surface area contributed by atoms with E-state index in [4.69, 9.17) is 10.5 Å². The van der Waals surface area contributed by atoms with Gasteiger partial charge in [0.05, 0.1) is 17.3 Å². The van der Waals surface area contributed by atoms with Crippen LogP contribution in [0.5, 0.6) is 5.75 Å². The van der Waals surface area contributed by atoms with Crippen molar-refractivity contribution in [1.29, 1.82) is 0 Å². The number of nitrogens with two attached hydrogens (primary N) is 1. The van der Waals surface area contributed by atoms with Crippen molar-refractivity contribution in [2.75, 3.05) is 18.1 Å². The fraction of sp³-hybridized carbons (Fsp3) is 0.400. The Kier molecular flexibility index (Phi) is 3.57. The van der Waals surface area contributed by atoms with Crippen LogP contribution in [0.25, 0.3) is 0 Å². The molecule has 1 aromatic rings. The third kappa shape index (κ3) is 2.86. The first-order valence-corrected chi connectivity index (χ1v) is 6.41. The number of nitrogen functional groups attached to an aromatic ring is 1. The van der Waals surface area contributed by atoms with Crippen LogP contribution >= 0.6 is 0 Å². The van der Waals surface area contributed by atoms with E-state index in [1.54, 1.807) is 13.0 Å². The average Bonchev–Trinajstić information content (AvgIpc) is 2.17. The van der Waals surface area contributed by atoms with Gasteiger partial charge in [-0.3, -0.25) is 0 Å². The second-order valence-corrected chi connectivity index (χ2v) is 5.35. The van der Waals surface area contributed by atoms with Gasteiger partial charge in [0.15, 0.2) is 9.84 Å². The minimum atomic E-state index is -3.22. The predicted octanol–water partition coefficient (Wildman–Crippen LogP) is 1.46. The Bertz CT molecular complexity index is 440. The van der Waals surface area contributed by atoms with E-state index >= 15 is 0 Å². The quantitative estimate of drug-likeness (QED) is 0.793. The van der Waals surface area contributed by atoms with E-state index in [1.807, 2.05) is 6.92 Å². The van der Waals surface area contributed by atoms with E-state index in [-0.39, 0.29) is 10.6 Å². The molecule has 4 nitrogen and oxygen atoms in total. The molecule has 15 heavy (non-hydrogen) atoms. The van der Waals surface area contributed by atoms with E-state index in [1.165, 1.54) is 12.1 Å². The molecule has 84 valence electrons. The van der Waals surface area contributed by atoms with Crippen LogP contribution in [-0.4, -0.2) is 20.8 Å². The first-order valence-electron chi connectivity index (χ1n) is 4.75. The molecule has 2 N–H and O–H groups in total. The number of rotatable bonds is 4. The normalized spacial score (nSPS) is 11.3. The summed E-state index contributed by atoms with van der Waals surface area (Å²) in [5.41, 5.74) is 5.99. The van der Waals surface area contributed by atoms with Crippen molar-refractivity contribution in [2.24, 2.45) is 0 Å². The summed E-state index contributed by atoms with van der Waals surface area (Å²) in [7, 11) is -3.22. The Morgan fingerprint density at radius 2 is 1.93 bits per heavy atom. The van der Waals surface area contributed by atoms with Gasteiger partial charge in [-0.25, -0.2) is 8.42 Å². The Labute approximate surface area is 90.0 Å². The first-order chi connectivity index (χ1) is 6.99. The van der Waals surface area contributed by atoms with Crippen molar-refractivity contribution in [1.82, 2.24) is 0 Å². The van der Waals surface area contributed by atoms with Crippen LogP contribution < -0.4 is 10.5 Å². The average molecular weight is 229 g/mol. The minimum Gasteiger partial charge on any atom is -0.494 e. The Balaban J connectivity index is 3.20. The number of anilines is 1. The molecule has 0 aliphatic rings. The molecule has 0 saturated heterocycles. The molecule has 0 unspecified atom stereocenters. The van der Waals surface area contributed by atoms with Gasteiger partial charge in [0.25, 0.3) is 0 Å². The highest BCUT2D eigenvalue weighted by molar-refractivity contribution is 7.91.